The number of aromatic amines is 1. The third kappa shape index (κ3) is 53.3. The summed E-state index contributed by atoms with van der Waals surface area (Å²) in [6.07, 6.45) is 1.60. The fraction of sp³-hybridized carbons (Fsp3) is 0.670. The molecule has 2 aromatic heterocycles. The number of hydroxylamine groups is 2. The number of allylic oxidation sites excluding steroid dienone is 1. The molecule has 0 saturated carbocycles. The number of fused-ring (bicyclic) bond motifs is 1. The molecular formula is C88H149F3N12O22. The van der Waals surface area contributed by atoms with Gasteiger partial charge >= 0.3 is 24.0 Å². The number of carbonyl (C=O) groups excluding carboxylic acids is 12. The minimum absolute atomic E-state index is 0.00313. The second-order valence-corrected chi connectivity index (χ2v) is 34.7. The Morgan fingerprint density at radius 3 is 1.25 bits per heavy atom. The maximum absolute atomic E-state index is 11.8. The van der Waals surface area contributed by atoms with Gasteiger partial charge in [0.05, 0.1) is 36.4 Å². The number of carboxylic acids is 1. The van der Waals surface area contributed by atoms with Crippen LogP contribution in [0.3, 0.4) is 0 Å². The zero-order chi connectivity index (χ0) is 98.0. The van der Waals surface area contributed by atoms with E-state index in [0.717, 1.165) is 47.7 Å². The fourth-order valence-corrected chi connectivity index (χ4v) is 9.74. The minimum atomic E-state index is -4.23. The van der Waals surface area contributed by atoms with E-state index in [0.29, 0.717) is 90.5 Å². The van der Waals surface area contributed by atoms with Crippen molar-refractivity contribution in [1.82, 2.24) is 47.1 Å². The Hall–Kier alpha value is -9.82. The number of amides is 12. The number of nitrogens with one attached hydrogen (secondary N) is 7. The molecule has 12 amide bonds. The number of carbonyl (C=O) groups is 13. The monoisotopic (exact) mass is 1780 g/mol. The number of aliphatic carboxylic acids is 1. The van der Waals surface area contributed by atoms with Gasteiger partial charge in [-0.05, 0) is 117 Å². The summed E-state index contributed by atoms with van der Waals surface area (Å²) in [5.74, 6) is 6.50. The van der Waals surface area contributed by atoms with E-state index < -0.39 is 30.4 Å². The minimum Gasteiger partial charge on any atom is -0.481 e. The van der Waals surface area contributed by atoms with E-state index in [4.69, 9.17) is 41.9 Å². The molecule has 37 heteroatoms. The summed E-state index contributed by atoms with van der Waals surface area (Å²) in [5.41, 5.74) is 14.8. The van der Waals surface area contributed by atoms with E-state index in [9.17, 15) is 80.3 Å². The van der Waals surface area contributed by atoms with Crippen LogP contribution in [0, 0.1) is 82.9 Å². The molecule has 7 aliphatic rings. The highest BCUT2D eigenvalue weighted by molar-refractivity contribution is 6.20. The summed E-state index contributed by atoms with van der Waals surface area (Å²) in [7, 11) is 0. The van der Waals surface area contributed by atoms with Crippen molar-refractivity contribution < 1.29 is 114 Å². The van der Waals surface area contributed by atoms with Crippen molar-refractivity contribution in [3.63, 3.8) is 0 Å². The molecule has 10 rings (SSSR count). The lowest BCUT2D eigenvalue weighted by Gasteiger charge is -2.16. The second-order valence-electron chi connectivity index (χ2n) is 34.7. The van der Waals surface area contributed by atoms with Crippen molar-refractivity contribution in [2.24, 2.45) is 94.5 Å². The fourth-order valence-electron chi connectivity index (χ4n) is 9.74. The number of oxazole rings is 1. The Labute approximate surface area is 735 Å². The van der Waals surface area contributed by atoms with Crippen molar-refractivity contribution in [3.05, 3.63) is 92.5 Å². The number of anilines is 1. The summed E-state index contributed by atoms with van der Waals surface area (Å²) < 4.78 is 49.1. The number of aliphatic hydroxyl groups is 2. The third-order valence-corrected chi connectivity index (χ3v) is 17.8. The zero-order valence-corrected chi connectivity index (χ0v) is 78.9. The van der Waals surface area contributed by atoms with Crippen LogP contribution in [0.4, 0.5) is 23.8 Å². The first-order chi connectivity index (χ1) is 57.6. The first kappa shape index (κ1) is 121. The highest BCUT2D eigenvalue weighted by Gasteiger charge is 2.39. The summed E-state index contributed by atoms with van der Waals surface area (Å²) in [6, 6.07) is 5.07. The number of aliphatic hydroxyl groups excluding tert-OH is 2. The summed E-state index contributed by atoms with van der Waals surface area (Å²) in [4.78, 5) is 163. The summed E-state index contributed by atoms with van der Waals surface area (Å²) >= 11 is 0. The van der Waals surface area contributed by atoms with E-state index in [2.05, 4.69) is 64.7 Å². The van der Waals surface area contributed by atoms with Crippen LogP contribution in [0.2, 0.25) is 0 Å². The number of halogens is 3. The molecule has 0 bridgehead atoms. The van der Waals surface area contributed by atoms with Gasteiger partial charge in [0.15, 0.2) is 11.9 Å². The van der Waals surface area contributed by atoms with E-state index in [1.165, 1.54) is 6.08 Å². The lowest BCUT2D eigenvalue weighted by atomic mass is 9.95. The summed E-state index contributed by atoms with van der Waals surface area (Å²) in [5, 5.41) is 43.5. The molecule has 9 heterocycles. The standard InChI is InChI=1S/C12H13NO3.2C7H11NO2.C7H9NO2.C7H13NO.C7H11NO.C6H12F3N.C6H10N2O.C6H9NO3.C6H9NO2.C5H12O.C4H11NO.C4H8O2.C4H10O/c1-8(2)7-16-13-11(14)9-5-3-4-6-10(9)12(13)15;3*1-4(2)5-3-6(9)8-7(5)10;2*1-5(2)6-3-4-8-7(6)9;1-4(2)3-5(10)6(7,8)9;1-4(2)5-3-9-8-6(5)7;1-3(2)4-5(8)7-6(9)10-4;1-4(2)5-3-7-6(8)9-5;1-4(2)5(3)6;1-4(2)3-6-5;1-3(2)4(5)6;1-4(2)3-5/h3-6,8H,7H2,1-2H3;2*4-5H,3H2,1-2H3,(H,8,9,10);3-4H,1-2H3,(H,8,9,10);5-6H,3-4H2,1-2H3,(H,8,9);3-4H2,1-2H3,(H,8,9);4-5H,3,10H2,1-2H3;3-4H,1-2H3,(H2,7,8);3-4H,1-2H3,(H,7,8,9);3-4H,1-2H3,(H,7,8);4-6H,1-3H3;4H,3,5H2,1-2H3;3H,1-2H3,(H,5,6);4-5H,3H2,1-2H3. The average Bonchev–Trinajstić information content (AvgIpc) is 1.64. The van der Waals surface area contributed by atoms with Crippen molar-refractivity contribution in [3.8, 4) is 0 Å². The molecule has 125 heavy (non-hydrogen) atoms. The molecule has 5 fully saturated rings. The Morgan fingerprint density at radius 2 is 1.07 bits per heavy atom. The van der Waals surface area contributed by atoms with Crippen molar-refractivity contribution in [1.29, 1.82) is 0 Å². The lowest BCUT2D eigenvalue weighted by molar-refractivity contribution is -0.150. The van der Waals surface area contributed by atoms with Crippen LogP contribution >= 0.6 is 0 Å². The molecule has 0 aliphatic carbocycles. The SMILES string of the molecule is CC(C)=C1CCNC1=O.CC(C)C(=O)O.CC(C)C(C)O.CC(C)C1=CC(=O)NC1=O.CC(C)C1CC(=O)NC1=O.CC(C)C1CC(=O)NC1=O.CC(C)C1CCNC1=O.CC(C)C1OC(=O)NC1=O.CC(C)CC(N)C(F)(F)F.CC(C)CO.CC(C)CON.CC(C)CON1C(=O)c2ccccc2C1=O.CC(C)c1c[nH]c(=O)o1.CC(C)c1conc1N. The number of cyclic esters (lactones) is 1. The Morgan fingerprint density at radius 1 is 0.608 bits per heavy atom. The lowest BCUT2D eigenvalue weighted by Crippen LogP contribution is -2.38. The number of nitrogens with two attached hydrogens (primary N) is 3. The Bertz CT molecular complexity index is 3770. The first-order valence-corrected chi connectivity index (χ1v) is 42.2. The molecule has 3 aromatic rings. The number of benzene rings is 1. The van der Waals surface area contributed by atoms with E-state index in [1.54, 1.807) is 71.3 Å². The molecule has 6 unspecified atom stereocenters. The van der Waals surface area contributed by atoms with Gasteiger partial charge in [-0.3, -0.25) is 88.6 Å². The third-order valence-electron chi connectivity index (χ3n) is 17.8. The molecule has 714 valence electrons. The van der Waals surface area contributed by atoms with Crippen LogP contribution in [0.1, 0.15) is 277 Å². The normalized spacial score (nSPS) is 17.5. The number of hydrogen-bond acceptors (Lipinski definition) is 25. The number of carboxylic acid groups (broad SMARTS) is 1. The van der Waals surface area contributed by atoms with Gasteiger partial charge in [-0.25, -0.2) is 15.5 Å². The maximum atomic E-state index is 11.8. The Balaban J connectivity index is -0.000000636. The number of nitrogens with zero attached hydrogens (tertiary/aromatic N) is 2. The van der Waals surface area contributed by atoms with Crippen LogP contribution in [0.5, 0.6) is 0 Å². The van der Waals surface area contributed by atoms with Crippen LogP contribution < -0.4 is 55.0 Å². The van der Waals surface area contributed by atoms with Gasteiger partial charge in [-0.2, -0.15) is 13.2 Å². The van der Waals surface area contributed by atoms with Gasteiger partial charge in [0.1, 0.15) is 18.1 Å². The van der Waals surface area contributed by atoms with E-state index in [-0.39, 0.29) is 148 Å². The number of aromatic nitrogens is 2. The largest absolute Gasteiger partial charge is 0.481 e. The smallest absolute Gasteiger partial charge is 0.416 e. The molecule has 1 aromatic carbocycles. The Kier molecular flexibility index (Phi) is 61.4. The number of nitrogen functional groups attached to an aromatic ring is 1. The quantitative estimate of drug-likeness (QED) is 0.0339. The van der Waals surface area contributed by atoms with Gasteiger partial charge in [0.25, 0.3) is 29.5 Å². The zero-order valence-electron chi connectivity index (χ0n) is 78.9. The molecular weight excluding hydrogens is 1630 g/mol. The number of imide groups is 5. The number of hydrogen-bond donors (Lipinski definition) is 13. The first-order valence-electron chi connectivity index (χ1n) is 42.2. The van der Waals surface area contributed by atoms with Gasteiger partial charge in [-0.1, -0.05) is 203 Å². The number of alkyl carbamates (subject to hydrolysis) is 1. The molecule has 16 N–H and O–H groups in total. The average molecular weight is 1780 g/mol. The molecule has 34 nitrogen and oxygen atoms in total. The predicted octanol–water partition coefficient (Wildman–Crippen LogP) is 11.9. The van der Waals surface area contributed by atoms with E-state index in [1.807, 2.05) is 158 Å². The molecule has 0 spiro atoms. The topological polar surface area (TPSA) is 536 Å². The van der Waals surface area contributed by atoms with Crippen molar-refractivity contribution in [2.45, 2.75) is 269 Å². The molecule has 6 atom stereocenters. The van der Waals surface area contributed by atoms with Gasteiger partial charge in [0, 0.05) is 85.2 Å². The molecule has 5 saturated heterocycles. The van der Waals surface area contributed by atoms with Gasteiger partial charge in [0.2, 0.25) is 35.4 Å². The van der Waals surface area contributed by atoms with Crippen LogP contribution in [0.15, 0.2) is 73.3 Å². The second kappa shape index (κ2) is 63.2. The van der Waals surface area contributed by atoms with Gasteiger partial charge < -0.3 is 55.9 Å². The number of ether oxygens (including phenoxy) is 1. The van der Waals surface area contributed by atoms with Crippen molar-refractivity contribution in [2.75, 3.05) is 38.6 Å². The summed E-state index contributed by atoms with van der Waals surface area (Å²) in [6.45, 7) is 58.8. The van der Waals surface area contributed by atoms with Crippen LogP contribution in [-0.2, 0) is 62.4 Å². The molecule has 7 aliphatic heterocycles. The van der Waals surface area contributed by atoms with E-state index >= 15 is 0 Å². The van der Waals surface area contributed by atoms with Crippen molar-refractivity contribution >= 4 is 82.9 Å². The number of alkyl halides is 3. The van der Waals surface area contributed by atoms with Gasteiger partial charge in [-0.15, -0.1) is 5.06 Å². The van der Waals surface area contributed by atoms with Crippen LogP contribution in [-0.4, -0.2) is 165 Å². The van der Waals surface area contributed by atoms with Crippen LogP contribution in [0.25, 0.3) is 0 Å². The molecule has 0 radical (unpaired) electrons. The maximum Gasteiger partial charge on any atom is 0.416 e. The number of H-pyrrole nitrogens is 1. The highest BCUT2D eigenvalue weighted by atomic mass is 19.4. The highest BCUT2D eigenvalue weighted by Crippen LogP contribution is 2.26. The predicted molar refractivity (Wildman–Crippen MR) is 469 cm³/mol. The number of rotatable bonds is 17.